The van der Waals surface area contributed by atoms with Gasteiger partial charge in [0.1, 0.15) is 5.54 Å². The van der Waals surface area contributed by atoms with E-state index in [1.807, 2.05) is 13.2 Å². The number of nitrogens with zero attached hydrogens (tertiary/aromatic N) is 1. The summed E-state index contributed by atoms with van der Waals surface area (Å²) in [4.78, 5) is 16.4. The van der Waals surface area contributed by atoms with Gasteiger partial charge in [-0.25, -0.2) is 9.79 Å². The summed E-state index contributed by atoms with van der Waals surface area (Å²) in [5.74, 6) is -0.266. The van der Waals surface area contributed by atoms with E-state index in [2.05, 4.69) is 4.99 Å². The standard InChI is InChI=1S/C11H17NO3S/c1-3-14-9(13)8-11(6-4-5-7-11)12-10(15-8)16-2/h8H,3-7H2,1-2H3. The first-order chi connectivity index (χ1) is 7.72. The molecule has 1 saturated carbocycles. The van der Waals surface area contributed by atoms with Crippen molar-refractivity contribution in [3.05, 3.63) is 0 Å². The fourth-order valence-corrected chi connectivity index (χ4v) is 2.88. The van der Waals surface area contributed by atoms with Crippen LogP contribution in [0.4, 0.5) is 0 Å². The van der Waals surface area contributed by atoms with Crippen LogP contribution in [0.3, 0.4) is 0 Å². The molecule has 4 nitrogen and oxygen atoms in total. The molecule has 0 bridgehead atoms. The molecule has 1 atom stereocenters. The summed E-state index contributed by atoms with van der Waals surface area (Å²) in [5, 5.41) is 0.625. The van der Waals surface area contributed by atoms with E-state index in [4.69, 9.17) is 9.47 Å². The Morgan fingerprint density at radius 3 is 2.88 bits per heavy atom. The Labute approximate surface area is 99.8 Å². The van der Waals surface area contributed by atoms with Gasteiger partial charge in [-0.2, -0.15) is 0 Å². The van der Waals surface area contributed by atoms with Gasteiger partial charge in [0.25, 0.3) is 0 Å². The maximum Gasteiger partial charge on any atom is 0.350 e. The van der Waals surface area contributed by atoms with Gasteiger partial charge in [-0.3, -0.25) is 0 Å². The molecule has 5 heteroatoms. The van der Waals surface area contributed by atoms with E-state index in [-0.39, 0.29) is 11.5 Å². The second kappa shape index (κ2) is 4.65. The van der Waals surface area contributed by atoms with Crippen LogP contribution in [-0.4, -0.2) is 35.7 Å². The summed E-state index contributed by atoms with van der Waals surface area (Å²) in [6.45, 7) is 2.20. The van der Waals surface area contributed by atoms with Gasteiger partial charge < -0.3 is 9.47 Å². The number of carbonyl (C=O) groups is 1. The monoisotopic (exact) mass is 243 g/mol. The van der Waals surface area contributed by atoms with Crippen LogP contribution in [0, 0.1) is 0 Å². The number of thioether (sulfide) groups is 1. The zero-order valence-electron chi connectivity index (χ0n) is 9.69. The van der Waals surface area contributed by atoms with Crippen molar-refractivity contribution in [3.63, 3.8) is 0 Å². The lowest BCUT2D eigenvalue weighted by atomic mass is 9.92. The van der Waals surface area contributed by atoms with Crippen LogP contribution in [0.1, 0.15) is 32.6 Å². The molecule has 0 saturated heterocycles. The number of hydrogen-bond acceptors (Lipinski definition) is 5. The molecular formula is C11H17NO3S. The molecule has 2 rings (SSSR count). The molecule has 1 fully saturated rings. The topological polar surface area (TPSA) is 47.9 Å². The SMILES string of the molecule is CCOC(=O)C1OC(SC)=NC12CCCC2. The summed E-state index contributed by atoms with van der Waals surface area (Å²) < 4.78 is 10.7. The van der Waals surface area contributed by atoms with E-state index in [9.17, 15) is 4.79 Å². The molecule has 1 spiro atoms. The fourth-order valence-electron chi connectivity index (χ4n) is 2.42. The van der Waals surface area contributed by atoms with Crippen LogP contribution in [0.25, 0.3) is 0 Å². The van der Waals surface area contributed by atoms with Gasteiger partial charge >= 0.3 is 5.97 Å². The highest BCUT2D eigenvalue weighted by molar-refractivity contribution is 8.12. The van der Waals surface area contributed by atoms with Crippen molar-refractivity contribution in [1.29, 1.82) is 0 Å². The van der Waals surface area contributed by atoms with Crippen LogP contribution in [0.5, 0.6) is 0 Å². The van der Waals surface area contributed by atoms with E-state index < -0.39 is 6.10 Å². The molecular weight excluding hydrogens is 226 g/mol. The predicted octanol–water partition coefficient (Wildman–Crippen LogP) is 1.98. The van der Waals surface area contributed by atoms with Crippen molar-refractivity contribution in [2.45, 2.75) is 44.2 Å². The summed E-state index contributed by atoms with van der Waals surface area (Å²) >= 11 is 1.45. The van der Waals surface area contributed by atoms with E-state index in [1.54, 1.807) is 0 Å². The van der Waals surface area contributed by atoms with Crippen molar-refractivity contribution in [3.8, 4) is 0 Å². The molecule has 16 heavy (non-hydrogen) atoms. The highest BCUT2D eigenvalue weighted by atomic mass is 32.2. The lowest BCUT2D eigenvalue weighted by molar-refractivity contribution is -0.153. The second-order valence-electron chi connectivity index (χ2n) is 4.14. The van der Waals surface area contributed by atoms with Gasteiger partial charge in [-0.1, -0.05) is 24.6 Å². The molecule has 0 radical (unpaired) electrons. The molecule has 0 N–H and O–H groups in total. The summed E-state index contributed by atoms with van der Waals surface area (Å²) in [5.41, 5.74) is -0.329. The van der Waals surface area contributed by atoms with Gasteiger partial charge in [-0.05, 0) is 26.0 Å². The Morgan fingerprint density at radius 2 is 2.31 bits per heavy atom. The van der Waals surface area contributed by atoms with Crippen molar-refractivity contribution in [1.82, 2.24) is 0 Å². The fraction of sp³-hybridized carbons (Fsp3) is 0.818. The number of ether oxygens (including phenoxy) is 2. The van der Waals surface area contributed by atoms with Crippen LogP contribution in [-0.2, 0) is 14.3 Å². The average Bonchev–Trinajstić information content (AvgIpc) is 2.87. The van der Waals surface area contributed by atoms with Gasteiger partial charge in [0.2, 0.25) is 11.3 Å². The minimum atomic E-state index is -0.516. The lowest BCUT2D eigenvalue weighted by Gasteiger charge is -2.24. The maximum absolute atomic E-state index is 11.8. The molecule has 1 aliphatic heterocycles. The maximum atomic E-state index is 11.8. The summed E-state index contributed by atoms with van der Waals surface area (Å²) in [6, 6.07) is 0. The van der Waals surface area contributed by atoms with Gasteiger partial charge in [0.05, 0.1) is 6.61 Å². The molecule has 90 valence electrons. The van der Waals surface area contributed by atoms with Gasteiger partial charge in [0, 0.05) is 0 Å². The van der Waals surface area contributed by atoms with Crippen LogP contribution in [0.2, 0.25) is 0 Å². The van der Waals surface area contributed by atoms with E-state index >= 15 is 0 Å². The first-order valence-electron chi connectivity index (χ1n) is 5.69. The van der Waals surface area contributed by atoms with E-state index in [1.165, 1.54) is 11.8 Å². The largest absolute Gasteiger partial charge is 0.463 e. The number of carbonyl (C=O) groups excluding carboxylic acids is 1. The number of hydrogen-bond donors (Lipinski definition) is 0. The van der Waals surface area contributed by atoms with Crippen molar-refractivity contribution >= 4 is 23.0 Å². The highest BCUT2D eigenvalue weighted by Crippen LogP contribution is 2.42. The Hall–Kier alpha value is -0.710. The second-order valence-corrected chi connectivity index (χ2v) is 4.90. The number of aliphatic imine (C=N–C) groups is 1. The Balaban J connectivity index is 2.16. The Bertz CT molecular complexity index is 310. The zero-order valence-corrected chi connectivity index (χ0v) is 10.5. The van der Waals surface area contributed by atoms with Gasteiger partial charge in [0.15, 0.2) is 0 Å². The van der Waals surface area contributed by atoms with Crippen molar-refractivity contribution < 1.29 is 14.3 Å². The van der Waals surface area contributed by atoms with Crippen molar-refractivity contribution in [2.75, 3.05) is 12.9 Å². The number of esters is 1. The van der Waals surface area contributed by atoms with E-state index in [0.717, 1.165) is 25.7 Å². The number of rotatable bonds is 2. The van der Waals surface area contributed by atoms with Crippen LogP contribution >= 0.6 is 11.8 Å². The third-order valence-electron chi connectivity index (χ3n) is 3.17. The quantitative estimate of drug-likeness (QED) is 0.696. The first-order valence-corrected chi connectivity index (χ1v) is 6.91. The minimum absolute atomic E-state index is 0.266. The van der Waals surface area contributed by atoms with Crippen molar-refractivity contribution in [2.24, 2.45) is 4.99 Å². The summed E-state index contributed by atoms with van der Waals surface area (Å²) in [6.07, 6.45) is 5.49. The molecule has 0 aromatic heterocycles. The molecule has 1 unspecified atom stereocenters. The Kier molecular flexibility index (Phi) is 3.42. The summed E-state index contributed by atoms with van der Waals surface area (Å²) in [7, 11) is 0. The smallest absolute Gasteiger partial charge is 0.350 e. The lowest BCUT2D eigenvalue weighted by Crippen LogP contribution is -2.42. The molecule has 1 aliphatic carbocycles. The molecule has 1 heterocycles. The zero-order chi connectivity index (χ0) is 11.6. The van der Waals surface area contributed by atoms with Crippen LogP contribution < -0.4 is 0 Å². The highest BCUT2D eigenvalue weighted by Gasteiger charge is 2.52. The normalized spacial score (nSPS) is 26.6. The molecule has 0 aromatic rings. The molecule has 0 aromatic carbocycles. The predicted molar refractivity (Wildman–Crippen MR) is 63.7 cm³/mol. The Morgan fingerprint density at radius 1 is 1.62 bits per heavy atom. The third kappa shape index (κ3) is 1.93. The van der Waals surface area contributed by atoms with E-state index in [0.29, 0.717) is 11.8 Å². The molecule has 2 aliphatic rings. The molecule has 0 amide bonds. The minimum Gasteiger partial charge on any atom is -0.463 e. The average molecular weight is 243 g/mol. The third-order valence-corrected chi connectivity index (χ3v) is 3.70. The van der Waals surface area contributed by atoms with Crippen LogP contribution in [0.15, 0.2) is 4.99 Å². The van der Waals surface area contributed by atoms with Gasteiger partial charge in [-0.15, -0.1) is 0 Å². The first kappa shape index (κ1) is 11.8.